The Bertz CT molecular complexity index is 760. The van der Waals surface area contributed by atoms with Crippen molar-refractivity contribution in [3.63, 3.8) is 0 Å². The zero-order valence-electron chi connectivity index (χ0n) is 12.8. The third kappa shape index (κ3) is 3.15. The van der Waals surface area contributed by atoms with Crippen LogP contribution in [0.25, 0.3) is 11.1 Å². The van der Waals surface area contributed by atoms with Crippen LogP contribution >= 0.6 is 11.6 Å². The number of hydrogen-bond donors (Lipinski definition) is 0. The molecule has 0 unspecified atom stereocenters. The minimum atomic E-state index is 0.751. The van der Waals surface area contributed by atoms with Crippen molar-refractivity contribution < 1.29 is 0 Å². The Morgan fingerprint density at radius 3 is 1.91 bits per heavy atom. The summed E-state index contributed by atoms with van der Waals surface area (Å²) in [5.74, 6) is 0. The SMILES string of the molecule is Cc1ccc(-c2ccc(N(C)c3cccc(Cl)c3)cc2)cc1. The van der Waals surface area contributed by atoms with Crippen LogP contribution in [0.5, 0.6) is 0 Å². The number of nitrogens with zero attached hydrogens (tertiary/aromatic N) is 1. The molecule has 0 saturated heterocycles. The van der Waals surface area contributed by atoms with Crippen molar-refractivity contribution in [3.05, 3.63) is 83.4 Å². The van der Waals surface area contributed by atoms with Crippen LogP contribution in [-0.2, 0) is 0 Å². The van der Waals surface area contributed by atoms with Gasteiger partial charge in [-0.25, -0.2) is 0 Å². The summed E-state index contributed by atoms with van der Waals surface area (Å²) in [6.45, 7) is 2.10. The maximum Gasteiger partial charge on any atom is 0.0426 e. The summed E-state index contributed by atoms with van der Waals surface area (Å²) in [4.78, 5) is 2.13. The molecule has 0 aliphatic rings. The van der Waals surface area contributed by atoms with Crippen molar-refractivity contribution >= 4 is 23.0 Å². The molecule has 3 rings (SSSR count). The summed E-state index contributed by atoms with van der Waals surface area (Å²) >= 11 is 6.07. The first-order valence-electron chi connectivity index (χ1n) is 7.30. The number of aryl methyl sites for hydroxylation is 1. The molecule has 110 valence electrons. The van der Waals surface area contributed by atoms with Gasteiger partial charge in [0.1, 0.15) is 0 Å². The van der Waals surface area contributed by atoms with Gasteiger partial charge in [0, 0.05) is 23.4 Å². The first-order valence-corrected chi connectivity index (χ1v) is 7.68. The molecular formula is C20H18ClN. The fourth-order valence-electron chi connectivity index (χ4n) is 2.46. The van der Waals surface area contributed by atoms with Gasteiger partial charge in [-0.1, -0.05) is 59.6 Å². The third-order valence-corrected chi connectivity index (χ3v) is 4.07. The molecular weight excluding hydrogens is 290 g/mol. The normalized spacial score (nSPS) is 10.5. The second kappa shape index (κ2) is 6.25. The largest absolute Gasteiger partial charge is 0.345 e. The molecule has 0 heterocycles. The molecule has 0 atom stereocenters. The predicted molar refractivity (Wildman–Crippen MR) is 96.1 cm³/mol. The van der Waals surface area contributed by atoms with Crippen molar-refractivity contribution in [1.29, 1.82) is 0 Å². The lowest BCUT2D eigenvalue weighted by Gasteiger charge is -2.20. The minimum absolute atomic E-state index is 0.751. The summed E-state index contributed by atoms with van der Waals surface area (Å²) in [5, 5.41) is 0.751. The molecule has 0 amide bonds. The van der Waals surface area contributed by atoms with E-state index < -0.39 is 0 Å². The lowest BCUT2D eigenvalue weighted by molar-refractivity contribution is 1.21. The zero-order valence-corrected chi connectivity index (χ0v) is 13.5. The van der Waals surface area contributed by atoms with E-state index in [-0.39, 0.29) is 0 Å². The fraction of sp³-hybridized carbons (Fsp3) is 0.100. The molecule has 3 aromatic rings. The minimum Gasteiger partial charge on any atom is -0.345 e. The van der Waals surface area contributed by atoms with Gasteiger partial charge in [0.2, 0.25) is 0 Å². The molecule has 0 N–H and O–H groups in total. The Hall–Kier alpha value is -2.25. The molecule has 0 aliphatic carbocycles. The van der Waals surface area contributed by atoms with Crippen LogP contribution in [-0.4, -0.2) is 7.05 Å². The summed E-state index contributed by atoms with van der Waals surface area (Å²) in [7, 11) is 2.05. The molecule has 0 radical (unpaired) electrons. The molecule has 0 aromatic heterocycles. The van der Waals surface area contributed by atoms with Gasteiger partial charge in [-0.2, -0.15) is 0 Å². The lowest BCUT2D eigenvalue weighted by atomic mass is 10.0. The molecule has 0 fully saturated rings. The monoisotopic (exact) mass is 307 g/mol. The highest BCUT2D eigenvalue weighted by Crippen LogP contribution is 2.28. The van der Waals surface area contributed by atoms with Crippen LogP contribution < -0.4 is 4.90 Å². The number of halogens is 1. The van der Waals surface area contributed by atoms with E-state index in [2.05, 4.69) is 66.4 Å². The van der Waals surface area contributed by atoms with E-state index in [0.717, 1.165) is 16.4 Å². The summed E-state index contributed by atoms with van der Waals surface area (Å²) in [6, 6.07) is 25.1. The maximum atomic E-state index is 6.07. The van der Waals surface area contributed by atoms with E-state index in [1.807, 2.05) is 25.2 Å². The van der Waals surface area contributed by atoms with Crippen LogP contribution in [0, 0.1) is 6.92 Å². The van der Waals surface area contributed by atoms with Gasteiger partial charge < -0.3 is 4.90 Å². The van der Waals surface area contributed by atoms with Crippen molar-refractivity contribution in [3.8, 4) is 11.1 Å². The molecule has 2 heteroatoms. The number of hydrogen-bond acceptors (Lipinski definition) is 1. The van der Waals surface area contributed by atoms with Crippen LogP contribution in [0.2, 0.25) is 5.02 Å². The van der Waals surface area contributed by atoms with Gasteiger partial charge in [-0.3, -0.25) is 0 Å². The number of rotatable bonds is 3. The molecule has 0 bridgehead atoms. The lowest BCUT2D eigenvalue weighted by Crippen LogP contribution is -2.08. The molecule has 0 aliphatic heterocycles. The Morgan fingerprint density at radius 2 is 1.32 bits per heavy atom. The summed E-state index contributed by atoms with van der Waals surface area (Å²) < 4.78 is 0. The second-order valence-corrected chi connectivity index (χ2v) is 5.89. The second-order valence-electron chi connectivity index (χ2n) is 5.45. The molecule has 0 saturated carbocycles. The van der Waals surface area contributed by atoms with E-state index in [0.29, 0.717) is 0 Å². The Morgan fingerprint density at radius 1 is 0.727 bits per heavy atom. The van der Waals surface area contributed by atoms with Crippen molar-refractivity contribution in [2.75, 3.05) is 11.9 Å². The number of benzene rings is 3. The molecule has 1 nitrogen and oxygen atoms in total. The van der Waals surface area contributed by atoms with Gasteiger partial charge in [-0.05, 0) is 48.4 Å². The van der Waals surface area contributed by atoms with Crippen molar-refractivity contribution in [2.24, 2.45) is 0 Å². The van der Waals surface area contributed by atoms with Crippen LogP contribution in [0.15, 0.2) is 72.8 Å². The predicted octanol–water partition coefficient (Wildman–Crippen LogP) is 6.08. The van der Waals surface area contributed by atoms with Gasteiger partial charge in [-0.15, -0.1) is 0 Å². The zero-order chi connectivity index (χ0) is 15.5. The smallest absolute Gasteiger partial charge is 0.0426 e. The Kier molecular flexibility index (Phi) is 4.17. The standard InChI is InChI=1S/C20H18ClN/c1-15-6-8-16(9-7-15)17-10-12-19(13-11-17)22(2)20-5-3-4-18(21)14-20/h3-14H,1-2H3. The first kappa shape index (κ1) is 14.7. The molecule has 22 heavy (non-hydrogen) atoms. The van der Waals surface area contributed by atoms with E-state index in [4.69, 9.17) is 11.6 Å². The highest BCUT2D eigenvalue weighted by Gasteiger charge is 2.05. The van der Waals surface area contributed by atoms with Gasteiger partial charge in [0.05, 0.1) is 0 Å². The highest BCUT2D eigenvalue weighted by molar-refractivity contribution is 6.30. The highest BCUT2D eigenvalue weighted by atomic mass is 35.5. The summed E-state index contributed by atoms with van der Waals surface area (Å²) in [6.07, 6.45) is 0. The summed E-state index contributed by atoms with van der Waals surface area (Å²) in [5.41, 5.74) is 5.96. The van der Waals surface area contributed by atoms with Crippen LogP contribution in [0.3, 0.4) is 0 Å². The van der Waals surface area contributed by atoms with E-state index in [1.165, 1.54) is 16.7 Å². The van der Waals surface area contributed by atoms with Gasteiger partial charge >= 0.3 is 0 Å². The van der Waals surface area contributed by atoms with E-state index >= 15 is 0 Å². The van der Waals surface area contributed by atoms with E-state index in [9.17, 15) is 0 Å². The van der Waals surface area contributed by atoms with Gasteiger partial charge in [0.25, 0.3) is 0 Å². The first-order chi connectivity index (χ1) is 10.6. The quantitative estimate of drug-likeness (QED) is 0.566. The molecule has 0 spiro atoms. The third-order valence-electron chi connectivity index (χ3n) is 3.84. The molecule has 3 aromatic carbocycles. The van der Waals surface area contributed by atoms with E-state index in [1.54, 1.807) is 0 Å². The Labute approximate surface area is 136 Å². The average molecular weight is 308 g/mol. The Balaban J connectivity index is 1.86. The van der Waals surface area contributed by atoms with Crippen LogP contribution in [0.4, 0.5) is 11.4 Å². The van der Waals surface area contributed by atoms with Crippen molar-refractivity contribution in [2.45, 2.75) is 6.92 Å². The topological polar surface area (TPSA) is 3.24 Å². The number of anilines is 2. The van der Waals surface area contributed by atoms with Crippen molar-refractivity contribution in [1.82, 2.24) is 0 Å². The maximum absolute atomic E-state index is 6.07. The fourth-order valence-corrected chi connectivity index (χ4v) is 2.64. The van der Waals surface area contributed by atoms with Crippen LogP contribution in [0.1, 0.15) is 5.56 Å². The van der Waals surface area contributed by atoms with Gasteiger partial charge in [0.15, 0.2) is 0 Å². The average Bonchev–Trinajstić information content (AvgIpc) is 2.55.